The molecule has 1 aromatic carbocycles. The Balaban J connectivity index is 2.65. The Morgan fingerprint density at radius 1 is 1.22 bits per heavy atom. The molecule has 0 aromatic heterocycles. The molecule has 2 heteroatoms. The molecule has 0 aliphatic carbocycles. The Morgan fingerprint density at radius 3 is 2.39 bits per heavy atom. The Kier molecular flexibility index (Phi) is 5.71. The van der Waals surface area contributed by atoms with Gasteiger partial charge >= 0.3 is 0 Å². The van der Waals surface area contributed by atoms with E-state index in [1.165, 1.54) is 5.56 Å². The van der Waals surface area contributed by atoms with Gasteiger partial charge in [0, 0.05) is 11.2 Å². The minimum atomic E-state index is 0.263. The first kappa shape index (κ1) is 15.6. The van der Waals surface area contributed by atoms with Crippen LogP contribution in [0.5, 0.6) is 5.75 Å². The number of hydrogen-bond acceptors (Lipinski definition) is 1. The van der Waals surface area contributed by atoms with Gasteiger partial charge in [-0.1, -0.05) is 62.7 Å². The second-order valence-corrected chi connectivity index (χ2v) is 6.90. The smallest absolute Gasteiger partial charge is 0.119 e. The Labute approximate surface area is 120 Å². The summed E-state index contributed by atoms with van der Waals surface area (Å²) in [7, 11) is 0. The fraction of sp³-hybridized carbons (Fsp3) is 0.625. The van der Waals surface area contributed by atoms with Gasteiger partial charge in [0.25, 0.3) is 0 Å². The lowest BCUT2D eigenvalue weighted by atomic mass is 9.83. The standard InChI is InChI=1S/C16H25BrO/c1-12(2)13-7-6-8-15(9-13)18-11-14(10-17)16(3,4)5/h6-9,12,14H,10-11H2,1-5H3. The van der Waals surface area contributed by atoms with Crippen LogP contribution in [0, 0.1) is 11.3 Å². The van der Waals surface area contributed by atoms with Crippen LogP contribution in [0.3, 0.4) is 0 Å². The minimum Gasteiger partial charge on any atom is -0.493 e. The molecule has 0 N–H and O–H groups in total. The van der Waals surface area contributed by atoms with Gasteiger partial charge < -0.3 is 4.74 Å². The summed E-state index contributed by atoms with van der Waals surface area (Å²) in [6.07, 6.45) is 0. The van der Waals surface area contributed by atoms with Crippen molar-refractivity contribution in [1.29, 1.82) is 0 Å². The topological polar surface area (TPSA) is 9.23 Å². The molecule has 1 aromatic rings. The van der Waals surface area contributed by atoms with Crippen molar-refractivity contribution in [1.82, 2.24) is 0 Å². The van der Waals surface area contributed by atoms with Gasteiger partial charge in [0.2, 0.25) is 0 Å². The third-order valence-corrected chi connectivity index (χ3v) is 4.17. The fourth-order valence-corrected chi connectivity index (χ4v) is 2.84. The van der Waals surface area contributed by atoms with E-state index < -0.39 is 0 Å². The Morgan fingerprint density at radius 2 is 1.89 bits per heavy atom. The van der Waals surface area contributed by atoms with Crippen LogP contribution in [0.4, 0.5) is 0 Å². The third kappa shape index (κ3) is 4.64. The number of halogens is 1. The van der Waals surface area contributed by atoms with Crippen LogP contribution < -0.4 is 4.74 Å². The number of hydrogen-bond donors (Lipinski definition) is 0. The van der Waals surface area contributed by atoms with E-state index in [0.29, 0.717) is 11.8 Å². The van der Waals surface area contributed by atoms with Crippen LogP contribution in [-0.4, -0.2) is 11.9 Å². The average Bonchev–Trinajstić information content (AvgIpc) is 2.28. The van der Waals surface area contributed by atoms with Gasteiger partial charge in [0.1, 0.15) is 5.75 Å². The molecule has 0 radical (unpaired) electrons. The molecule has 0 heterocycles. The molecule has 102 valence electrons. The Bertz CT molecular complexity index is 366. The predicted molar refractivity (Wildman–Crippen MR) is 82.8 cm³/mol. The molecule has 1 atom stereocenters. The molecule has 1 nitrogen and oxygen atoms in total. The van der Waals surface area contributed by atoms with Gasteiger partial charge in [-0.15, -0.1) is 0 Å². The normalized spacial score (nSPS) is 13.7. The van der Waals surface area contributed by atoms with Gasteiger partial charge in [-0.3, -0.25) is 0 Å². The highest BCUT2D eigenvalue weighted by Gasteiger charge is 2.24. The summed E-state index contributed by atoms with van der Waals surface area (Å²) in [6.45, 7) is 11.9. The highest BCUT2D eigenvalue weighted by atomic mass is 79.9. The lowest BCUT2D eigenvalue weighted by Crippen LogP contribution is -2.27. The van der Waals surface area contributed by atoms with Crippen molar-refractivity contribution < 1.29 is 4.74 Å². The second kappa shape index (κ2) is 6.60. The molecule has 0 saturated carbocycles. The van der Waals surface area contributed by atoms with Crippen molar-refractivity contribution in [3.63, 3.8) is 0 Å². The van der Waals surface area contributed by atoms with E-state index in [2.05, 4.69) is 68.7 Å². The summed E-state index contributed by atoms with van der Waals surface area (Å²) in [5.74, 6) is 2.04. The van der Waals surface area contributed by atoms with Crippen molar-refractivity contribution >= 4 is 15.9 Å². The summed E-state index contributed by atoms with van der Waals surface area (Å²) >= 11 is 3.58. The van der Waals surface area contributed by atoms with Gasteiger partial charge in [-0.2, -0.15) is 0 Å². The van der Waals surface area contributed by atoms with Crippen LogP contribution in [0.1, 0.15) is 46.1 Å². The highest BCUT2D eigenvalue weighted by molar-refractivity contribution is 9.09. The van der Waals surface area contributed by atoms with Crippen LogP contribution >= 0.6 is 15.9 Å². The van der Waals surface area contributed by atoms with Gasteiger partial charge in [0.05, 0.1) is 6.61 Å². The second-order valence-electron chi connectivity index (χ2n) is 6.26. The van der Waals surface area contributed by atoms with E-state index in [1.54, 1.807) is 0 Å². The molecule has 1 unspecified atom stereocenters. The predicted octanol–water partition coefficient (Wildman–Crippen LogP) is 5.25. The molecule has 0 spiro atoms. The number of benzene rings is 1. The maximum absolute atomic E-state index is 5.95. The van der Waals surface area contributed by atoms with Crippen LogP contribution in [0.15, 0.2) is 24.3 Å². The van der Waals surface area contributed by atoms with E-state index in [0.717, 1.165) is 17.7 Å². The van der Waals surface area contributed by atoms with Gasteiger partial charge in [-0.05, 0) is 29.0 Å². The lowest BCUT2D eigenvalue weighted by Gasteiger charge is -2.29. The van der Waals surface area contributed by atoms with Crippen molar-refractivity contribution in [3.8, 4) is 5.75 Å². The van der Waals surface area contributed by atoms with Crippen molar-refractivity contribution in [2.24, 2.45) is 11.3 Å². The van der Waals surface area contributed by atoms with Crippen LogP contribution in [0.25, 0.3) is 0 Å². The van der Waals surface area contributed by atoms with E-state index in [9.17, 15) is 0 Å². The average molecular weight is 313 g/mol. The highest BCUT2D eigenvalue weighted by Crippen LogP contribution is 2.29. The van der Waals surface area contributed by atoms with E-state index in [4.69, 9.17) is 4.74 Å². The SMILES string of the molecule is CC(C)c1cccc(OCC(CBr)C(C)(C)C)c1. The van der Waals surface area contributed by atoms with E-state index in [-0.39, 0.29) is 5.41 Å². The van der Waals surface area contributed by atoms with E-state index in [1.807, 2.05) is 6.07 Å². The molecule has 0 fully saturated rings. The number of rotatable bonds is 5. The largest absolute Gasteiger partial charge is 0.493 e. The maximum Gasteiger partial charge on any atom is 0.119 e. The summed E-state index contributed by atoms with van der Waals surface area (Å²) < 4.78 is 5.95. The van der Waals surface area contributed by atoms with Crippen LogP contribution in [-0.2, 0) is 0 Å². The molecule has 0 bridgehead atoms. The van der Waals surface area contributed by atoms with E-state index >= 15 is 0 Å². The first-order valence-electron chi connectivity index (χ1n) is 6.63. The quantitative estimate of drug-likeness (QED) is 0.675. The fourth-order valence-electron chi connectivity index (χ4n) is 1.69. The Hall–Kier alpha value is -0.500. The lowest BCUT2D eigenvalue weighted by molar-refractivity contribution is 0.166. The van der Waals surface area contributed by atoms with Gasteiger partial charge in [0.15, 0.2) is 0 Å². The zero-order valence-corrected chi connectivity index (χ0v) is 13.8. The summed E-state index contributed by atoms with van der Waals surface area (Å²) in [5, 5.41) is 0.973. The maximum atomic E-state index is 5.95. The molecular formula is C16H25BrO. The molecule has 0 saturated heterocycles. The first-order chi connectivity index (χ1) is 8.34. The van der Waals surface area contributed by atoms with Gasteiger partial charge in [-0.25, -0.2) is 0 Å². The van der Waals surface area contributed by atoms with Crippen molar-refractivity contribution in [2.75, 3.05) is 11.9 Å². The third-order valence-electron chi connectivity index (χ3n) is 3.39. The molecule has 1 rings (SSSR count). The zero-order chi connectivity index (χ0) is 13.8. The summed E-state index contributed by atoms with van der Waals surface area (Å²) in [4.78, 5) is 0. The first-order valence-corrected chi connectivity index (χ1v) is 7.75. The van der Waals surface area contributed by atoms with Crippen LogP contribution in [0.2, 0.25) is 0 Å². The van der Waals surface area contributed by atoms with Crippen molar-refractivity contribution in [2.45, 2.75) is 40.5 Å². The minimum absolute atomic E-state index is 0.263. The molecule has 18 heavy (non-hydrogen) atoms. The van der Waals surface area contributed by atoms with Crippen molar-refractivity contribution in [3.05, 3.63) is 29.8 Å². The zero-order valence-electron chi connectivity index (χ0n) is 12.2. The summed E-state index contributed by atoms with van der Waals surface area (Å²) in [5.41, 5.74) is 1.60. The number of ether oxygens (including phenoxy) is 1. The molecule has 0 aliphatic rings. The molecule has 0 aliphatic heterocycles. The molecular weight excluding hydrogens is 288 g/mol. The monoisotopic (exact) mass is 312 g/mol. The molecule has 0 amide bonds. The number of alkyl halides is 1. The summed E-state index contributed by atoms with van der Waals surface area (Å²) in [6, 6.07) is 8.42.